The van der Waals surface area contributed by atoms with Crippen LogP contribution in [0, 0.1) is 23.7 Å². The Morgan fingerprint density at radius 3 is 2.68 bits per heavy atom. The first-order valence-corrected chi connectivity index (χ1v) is 11.3. The Morgan fingerprint density at radius 1 is 1.23 bits per heavy atom. The summed E-state index contributed by atoms with van der Waals surface area (Å²) in [7, 11) is 0. The average molecular weight is 418 g/mol. The summed E-state index contributed by atoms with van der Waals surface area (Å²) in [5.41, 5.74) is 5.70. The van der Waals surface area contributed by atoms with Crippen molar-refractivity contribution in [1.29, 1.82) is 5.41 Å². The third-order valence-corrected chi connectivity index (χ3v) is 6.11. The van der Waals surface area contributed by atoms with Crippen LogP contribution in [-0.4, -0.2) is 17.6 Å². The lowest BCUT2D eigenvalue weighted by molar-refractivity contribution is -0.120. The van der Waals surface area contributed by atoms with Crippen molar-refractivity contribution < 1.29 is 9.53 Å². The van der Waals surface area contributed by atoms with Gasteiger partial charge in [0.25, 0.3) is 0 Å². The van der Waals surface area contributed by atoms with Gasteiger partial charge in [-0.2, -0.15) is 0 Å². The number of aryl methyl sites for hydroxylation is 1. The van der Waals surface area contributed by atoms with Gasteiger partial charge >= 0.3 is 0 Å². The first-order valence-electron chi connectivity index (χ1n) is 11.3. The lowest BCUT2D eigenvalue weighted by atomic mass is 9.73. The van der Waals surface area contributed by atoms with E-state index < -0.39 is 5.41 Å². The molecule has 0 amide bonds. The minimum Gasteiger partial charge on any atom is -0.491 e. The highest BCUT2D eigenvalue weighted by atomic mass is 16.5. The van der Waals surface area contributed by atoms with E-state index >= 15 is 0 Å². The van der Waals surface area contributed by atoms with E-state index in [9.17, 15) is 4.79 Å². The van der Waals surface area contributed by atoms with Crippen molar-refractivity contribution >= 4 is 17.1 Å². The molecule has 0 saturated heterocycles. The van der Waals surface area contributed by atoms with Crippen LogP contribution < -0.4 is 4.74 Å². The zero-order valence-electron chi connectivity index (χ0n) is 19.5. The zero-order valence-corrected chi connectivity index (χ0v) is 19.5. The molecule has 0 bridgehead atoms. The standard InChI is InChI=1S/C28H35NO2/c1-18(2)31-25-12-19(3)11-22(15-25)23-13-20(4)26(16-23)28(6)10-8-7-9-27(29)21(5)14-24(30)17-28/h8,10-13,15-16,18,21,29H,4,7,9,14,17H2,1-3,5-6H3/b10-8-,29-27?. The number of hydrogen-bond donors (Lipinski definition) is 1. The topological polar surface area (TPSA) is 50.1 Å². The highest BCUT2D eigenvalue weighted by Gasteiger charge is 2.33. The molecular weight excluding hydrogens is 382 g/mol. The zero-order chi connectivity index (χ0) is 22.8. The molecule has 1 aromatic carbocycles. The van der Waals surface area contributed by atoms with E-state index in [2.05, 4.69) is 62.9 Å². The maximum absolute atomic E-state index is 12.9. The van der Waals surface area contributed by atoms with Gasteiger partial charge in [0.15, 0.2) is 0 Å². The van der Waals surface area contributed by atoms with E-state index in [0.29, 0.717) is 25.0 Å². The number of carbonyl (C=O) groups excluding carboxylic acids is 1. The van der Waals surface area contributed by atoms with Crippen LogP contribution >= 0.6 is 0 Å². The van der Waals surface area contributed by atoms with Crippen LogP contribution in [0.25, 0.3) is 5.57 Å². The Balaban J connectivity index is 1.94. The van der Waals surface area contributed by atoms with Crippen molar-refractivity contribution in [2.45, 2.75) is 66.4 Å². The van der Waals surface area contributed by atoms with Gasteiger partial charge in [-0.25, -0.2) is 0 Å². The molecule has 2 unspecified atom stereocenters. The normalized spacial score (nSPS) is 26.0. The summed E-state index contributed by atoms with van der Waals surface area (Å²) >= 11 is 0. The molecular formula is C28H35NO2. The number of ether oxygens (including phenoxy) is 1. The first-order chi connectivity index (χ1) is 14.6. The van der Waals surface area contributed by atoms with Crippen molar-refractivity contribution in [3.8, 4) is 5.75 Å². The van der Waals surface area contributed by atoms with Crippen LogP contribution in [0.1, 0.15) is 64.5 Å². The van der Waals surface area contributed by atoms with Gasteiger partial charge in [0.1, 0.15) is 11.5 Å². The maximum atomic E-state index is 12.9. The number of rotatable bonds is 4. The van der Waals surface area contributed by atoms with Crippen LogP contribution in [-0.2, 0) is 4.79 Å². The number of allylic oxidation sites excluding steroid dienone is 7. The average Bonchev–Trinajstić information content (AvgIpc) is 3.06. The number of nitrogens with one attached hydrogen (secondary N) is 1. The molecule has 0 spiro atoms. The smallest absolute Gasteiger partial charge is 0.134 e. The largest absolute Gasteiger partial charge is 0.491 e. The van der Waals surface area contributed by atoms with Crippen molar-refractivity contribution in [3.63, 3.8) is 0 Å². The number of benzene rings is 1. The maximum Gasteiger partial charge on any atom is 0.134 e. The molecule has 3 heteroatoms. The minimum absolute atomic E-state index is 0.0179. The molecule has 3 nitrogen and oxygen atoms in total. The number of Topliss-reactive ketones (excluding diaryl/α,β-unsaturated/α-hetero) is 1. The van der Waals surface area contributed by atoms with Gasteiger partial charge in [0.2, 0.25) is 0 Å². The lowest BCUT2D eigenvalue weighted by Gasteiger charge is -2.29. The molecule has 0 aromatic heterocycles. The van der Waals surface area contributed by atoms with Crippen molar-refractivity contribution in [2.24, 2.45) is 11.3 Å². The van der Waals surface area contributed by atoms with Crippen LogP contribution in [0.4, 0.5) is 0 Å². The molecule has 3 rings (SSSR count). The third-order valence-electron chi connectivity index (χ3n) is 6.11. The van der Waals surface area contributed by atoms with Crippen LogP contribution in [0.3, 0.4) is 0 Å². The fourth-order valence-electron chi connectivity index (χ4n) is 4.53. The summed E-state index contributed by atoms with van der Waals surface area (Å²) in [5.74, 6) is 1.09. The quantitative estimate of drug-likeness (QED) is 0.535. The van der Waals surface area contributed by atoms with Crippen LogP contribution in [0.5, 0.6) is 5.75 Å². The van der Waals surface area contributed by atoms with Gasteiger partial charge < -0.3 is 10.1 Å². The second-order valence-corrected chi connectivity index (χ2v) is 9.59. The summed E-state index contributed by atoms with van der Waals surface area (Å²) in [6, 6.07) is 6.30. The van der Waals surface area contributed by atoms with E-state index in [1.165, 1.54) is 0 Å². The highest BCUT2D eigenvalue weighted by molar-refractivity contribution is 5.91. The fraction of sp³-hybridized carbons (Fsp3) is 0.429. The van der Waals surface area contributed by atoms with E-state index in [1.807, 2.05) is 20.8 Å². The van der Waals surface area contributed by atoms with E-state index in [4.69, 9.17) is 10.1 Å². The number of ketones is 1. The van der Waals surface area contributed by atoms with Crippen molar-refractivity contribution in [3.05, 3.63) is 71.4 Å². The molecule has 1 aromatic rings. The molecule has 1 N–H and O–H groups in total. The molecule has 0 heterocycles. The molecule has 2 aliphatic rings. The van der Waals surface area contributed by atoms with Crippen molar-refractivity contribution in [2.75, 3.05) is 0 Å². The second-order valence-electron chi connectivity index (χ2n) is 9.59. The molecule has 0 aliphatic heterocycles. The first kappa shape index (κ1) is 23.0. The van der Waals surface area contributed by atoms with E-state index in [1.54, 1.807) is 0 Å². The van der Waals surface area contributed by atoms with Crippen LogP contribution in [0.15, 0.2) is 60.2 Å². The Bertz CT molecular complexity index is 992. The Kier molecular flexibility index (Phi) is 6.83. The lowest BCUT2D eigenvalue weighted by Crippen LogP contribution is -2.25. The predicted molar refractivity (Wildman–Crippen MR) is 130 cm³/mol. The molecule has 2 aliphatic carbocycles. The summed E-state index contributed by atoms with van der Waals surface area (Å²) < 4.78 is 5.93. The van der Waals surface area contributed by atoms with Crippen LogP contribution in [0.2, 0.25) is 0 Å². The molecule has 2 atom stereocenters. The van der Waals surface area contributed by atoms with Gasteiger partial charge in [0, 0.05) is 29.9 Å². The number of carbonyl (C=O) groups is 1. The molecule has 0 saturated carbocycles. The summed E-state index contributed by atoms with van der Waals surface area (Å²) in [6.45, 7) is 14.6. The van der Waals surface area contributed by atoms with Gasteiger partial charge in [-0.15, -0.1) is 0 Å². The van der Waals surface area contributed by atoms with E-state index in [0.717, 1.165) is 40.0 Å². The highest BCUT2D eigenvalue weighted by Crippen LogP contribution is 2.44. The van der Waals surface area contributed by atoms with Crippen molar-refractivity contribution in [1.82, 2.24) is 0 Å². The van der Waals surface area contributed by atoms with Gasteiger partial charge in [-0.3, -0.25) is 4.79 Å². The van der Waals surface area contributed by atoms with E-state index in [-0.39, 0.29) is 17.8 Å². The minimum atomic E-state index is -0.396. The SMILES string of the molecule is C=C1C=C(c2cc(C)cc(OC(C)C)c2)C=C1C1(C)/C=C\CCC(=N)C(C)CC(=O)C1. The summed E-state index contributed by atoms with van der Waals surface area (Å²) in [5, 5.41) is 8.16. The third kappa shape index (κ3) is 5.52. The Morgan fingerprint density at radius 2 is 1.97 bits per heavy atom. The monoisotopic (exact) mass is 417 g/mol. The second kappa shape index (κ2) is 9.21. The van der Waals surface area contributed by atoms with Gasteiger partial charge in [-0.05, 0) is 85.7 Å². The molecule has 164 valence electrons. The molecule has 0 fully saturated rings. The fourth-order valence-corrected chi connectivity index (χ4v) is 4.53. The summed E-state index contributed by atoms with van der Waals surface area (Å²) in [4.78, 5) is 12.9. The molecule has 31 heavy (non-hydrogen) atoms. The van der Waals surface area contributed by atoms with Gasteiger partial charge in [-0.1, -0.05) is 38.6 Å². The summed E-state index contributed by atoms with van der Waals surface area (Å²) in [6.07, 6.45) is 11.1. The Hall–Kier alpha value is -2.68. The Labute approximate surface area is 187 Å². The number of hydrogen-bond acceptors (Lipinski definition) is 3. The van der Waals surface area contributed by atoms with Gasteiger partial charge in [0.05, 0.1) is 6.10 Å². The molecule has 0 radical (unpaired) electrons. The predicted octanol–water partition coefficient (Wildman–Crippen LogP) is 7.02.